The van der Waals surface area contributed by atoms with E-state index in [9.17, 15) is 9.59 Å². The monoisotopic (exact) mass is 383 g/mol. The van der Waals surface area contributed by atoms with Gasteiger partial charge in [-0.1, -0.05) is 6.07 Å². The number of amides is 2. The second-order valence-electron chi connectivity index (χ2n) is 6.69. The summed E-state index contributed by atoms with van der Waals surface area (Å²) >= 11 is 0. The van der Waals surface area contributed by atoms with Crippen molar-refractivity contribution in [2.45, 2.75) is 20.8 Å². The number of ether oxygens (including phenoxy) is 1. The van der Waals surface area contributed by atoms with E-state index in [0.29, 0.717) is 44.3 Å². The molecule has 1 aromatic carbocycles. The second-order valence-corrected chi connectivity index (χ2v) is 6.69. The van der Waals surface area contributed by atoms with Gasteiger partial charge in [-0.05, 0) is 44.0 Å². The van der Waals surface area contributed by atoms with Crippen LogP contribution < -0.4 is 5.32 Å². The van der Waals surface area contributed by atoms with Crippen molar-refractivity contribution >= 4 is 23.5 Å². The Kier molecular flexibility index (Phi) is 6.08. The van der Waals surface area contributed by atoms with E-state index in [1.807, 2.05) is 25.1 Å². The fraction of sp³-hybridized carbons (Fsp3) is 0.400. The number of nitrogens with zero attached hydrogens (tertiary/aromatic N) is 4. The number of benzene rings is 1. The van der Waals surface area contributed by atoms with Crippen molar-refractivity contribution in [1.29, 1.82) is 0 Å². The van der Waals surface area contributed by atoms with Crippen molar-refractivity contribution in [3.05, 3.63) is 47.4 Å². The van der Waals surface area contributed by atoms with Gasteiger partial charge in [0.25, 0.3) is 5.91 Å². The smallest absolute Gasteiger partial charge is 0.409 e. The van der Waals surface area contributed by atoms with Crippen molar-refractivity contribution < 1.29 is 14.3 Å². The van der Waals surface area contributed by atoms with Crippen molar-refractivity contribution in [3.63, 3.8) is 0 Å². The van der Waals surface area contributed by atoms with E-state index < -0.39 is 0 Å². The highest BCUT2D eigenvalue weighted by molar-refractivity contribution is 5.93. The molecule has 1 fully saturated rings. The zero-order valence-electron chi connectivity index (χ0n) is 16.4. The van der Waals surface area contributed by atoms with Crippen molar-refractivity contribution in [2.24, 2.45) is 0 Å². The molecule has 0 aliphatic carbocycles. The third-order valence-electron chi connectivity index (χ3n) is 4.76. The van der Waals surface area contributed by atoms with Gasteiger partial charge < -0.3 is 19.9 Å². The molecule has 2 amide bonds. The van der Waals surface area contributed by atoms with Crippen molar-refractivity contribution in [1.82, 2.24) is 19.8 Å². The molecule has 148 valence electrons. The number of rotatable bonds is 4. The molecule has 3 rings (SSSR count). The van der Waals surface area contributed by atoms with E-state index in [1.165, 1.54) is 17.5 Å². The van der Waals surface area contributed by atoms with Gasteiger partial charge in [0.1, 0.15) is 17.8 Å². The minimum atomic E-state index is -0.337. The van der Waals surface area contributed by atoms with Gasteiger partial charge in [0, 0.05) is 37.9 Å². The molecule has 0 bridgehead atoms. The van der Waals surface area contributed by atoms with E-state index in [-0.39, 0.29) is 12.0 Å². The lowest BCUT2D eigenvalue weighted by Gasteiger charge is -2.33. The highest BCUT2D eigenvalue weighted by Gasteiger charge is 2.26. The minimum Gasteiger partial charge on any atom is -0.450 e. The fourth-order valence-electron chi connectivity index (χ4n) is 2.98. The molecular weight excluding hydrogens is 358 g/mol. The number of aryl methyl sites for hydroxylation is 2. The predicted molar refractivity (Wildman–Crippen MR) is 106 cm³/mol. The quantitative estimate of drug-likeness (QED) is 0.873. The number of aromatic nitrogens is 2. The molecule has 1 saturated heterocycles. The standard InChI is InChI=1S/C20H25N5O3/c1-4-28-20(27)25-9-7-24(8-10-25)19(26)17-12-18(22-13-21-17)23-16-6-5-14(2)15(3)11-16/h5-6,11-13H,4,7-10H2,1-3H3,(H,21,22,23). The SMILES string of the molecule is CCOC(=O)N1CCN(C(=O)c2cc(Nc3ccc(C)c(C)c3)ncn2)CC1. The Hall–Kier alpha value is -3.16. The number of piperazine rings is 1. The molecule has 0 atom stereocenters. The third-order valence-corrected chi connectivity index (χ3v) is 4.76. The lowest BCUT2D eigenvalue weighted by Crippen LogP contribution is -2.50. The van der Waals surface area contributed by atoms with Gasteiger partial charge >= 0.3 is 6.09 Å². The Morgan fingerprint density at radius 3 is 2.43 bits per heavy atom. The van der Waals surface area contributed by atoms with Gasteiger partial charge in [0.2, 0.25) is 0 Å². The first-order valence-corrected chi connectivity index (χ1v) is 9.35. The lowest BCUT2D eigenvalue weighted by molar-refractivity contribution is 0.0566. The van der Waals surface area contributed by atoms with Gasteiger partial charge in [-0.2, -0.15) is 0 Å². The summed E-state index contributed by atoms with van der Waals surface area (Å²) in [6, 6.07) is 7.69. The Morgan fingerprint density at radius 1 is 1.04 bits per heavy atom. The summed E-state index contributed by atoms with van der Waals surface area (Å²) in [5.74, 6) is 0.390. The first-order chi connectivity index (χ1) is 13.5. The Balaban J connectivity index is 1.64. The van der Waals surface area contributed by atoms with Crippen LogP contribution in [-0.4, -0.2) is 64.6 Å². The van der Waals surface area contributed by atoms with Gasteiger partial charge in [0.05, 0.1) is 6.61 Å². The predicted octanol–water partition coefficient (Wildman–Crippen LogP) is 2.75. The largest absolute Gasteiger partial charge is 0.450 e. The van der Waals surface area contributed by atoms with Crippen LogP contribution in [0.4, 0.5) is 16.3 Å². The van der Waals surface area contributed by atoms with E-state index in [2.05, 4.69) is 22.2 Å². The minimum absolute atomic E-state index is 0.172. The van der Waals surface area contributed by atoms with Crippen LogP contribution in [0, 0.1) is 13.8 Å². The molecular formula is C20H25N5O3. The number of nitrogens with one attached hydrogen (secondary N) is 1. The molecule has 1 aliphatic heterocycles. The molecule has 1 N–H and O–H groups in total. The number of carbonyl (C=O) groups excluding carboxylic acids is 2. The van der Waals surface area contributed by atoms with Crippen molar-refractivity contribution in [3.8, 4) is 0 Å². The maximum absolute atomic E-state index is 12.8. The van der Waals surface area contributed by atoms with Gasteiger partial charge in [0.15, 0.2) is 0 Å². The molecule has 2 aromatic rings. The maximum atomic E-state index is 12.8. The molecule has 0 spiro atoms. The molecule has 8 nitrogen and oxygen atoms in total. The summed E-state index contributed by atoms with van der Waals surface area (Å²) in [6.07, 6.45) is 1.04. The highest BCUT2D eigenvalue weighted by atomic mass is 16.6. The maximum Gasteiger partial charge on any atom is 0.409 e. The van der Waals surface area contributed by atoms with E-state index in [0.717, 1.165) is 5.69 Å². The number of anilines is 2. The lowest BCUT2D eigenvalue weighted by atomic mass is 10.1. The summed E-state index contributed by atoms with van der Waals surface area (Å²) in [5, 5.41) is 3.21. The molecule has 8 heteroatoms. The van der Waals surface area contributed by atoms with Crippen LogP contribution in [0.3, 0.4) is 0 Å². The summed E-state index contributed by atoms with van der Waals surface area (Å²) in [7, 11) is 0. The molecule has 0 radical (unpaired) electrons. The molecule has 1 aliphatic rings. The average molecular weight is 383 g/mol. The molecule has 28 heavy (non-hydrogen) atoms. The normalized spacial score (nSPS) is 14.0. The van der Waals surface area contributed by atoms with Gasteiger partial charge in [-0.15, -0.1) is 0 Å². The topological polar surface area (TPSA) is 87.7 Å². The molecule has 0 saturated carbocycles. The number of carbonyl (C=O) groups is 2. The second kappa shape index (κ2) is 8.69. The Labute approximate surface area is 164 Å². The van der Waals surface area contributed by atoms with Crippen molar-refractivity contribution in [2.75, 3.05) is 38.1 Å². The van der Waals surface area contributed by atoms with Gasteiger partial charge in [-0.3, -0.25) is 4.79 Å². The van der Waals surface area contributed by atoms with E-state index >= 15 is 0 Å². The molecule has 0 unspecified atom stereocenters. The molecule has 2 heterocycles. The zero-order chi connectivity index (χ0) is 20.1. The molecule has 1 aromatic heterocycles. The zero-order valence-corrected chi connectivity index (χ0v) is 16.4. The van der Waals surface area contributed by atoms with Crippen LogP contribution >= 0.6 is 0 Å². The summed E-state index contributed by atoms with van der Waals surface area (Å²) in [5.41, 5.74) is 3.62. The first-order valence-electron chi connectivity index (χ1n) is 9.35. The van der Waals surface area contributed by atoms with Crippen LogP contribution in [-0.2, 0) is 4.74 Å². The van der Waals surface area contributed by atoms with Crippen LogP contribution in [0.1, 0.15) is 28.5 Å². The first kappa shape index (κ1) is 19.6. The van der Waals surface area contributed by atoms with Crippen LogP contribution in [0.25, 0.3) is 0 Å². The van der Waals surface area contributed by atoms with Crippen LogP contribution in [0.5, 0.6) is 0 Å². The number of hydrogen-bond acceptors (Lipinski definition) is 6. The average Bonchev–Trinajstić information content (AvgIpc) is 2.71. The highest BCUT2D eigenvalue weighted by Crippen LogP contribution is 2.19. The number of hydrogen-bond donors (Lipinski definition) is 1. The van der Waals surface area contributed by atoms with Gasteiger partial charge in [-0.25, -0.2) is 14.8 Å². The Morgan fingerprint density at radius 2 is 1.75 bits per heavy atom. The van der Waals surface area contributed by atoms with Crippen LogP contribution in [0.2, 0.25) is 0 Å². The van der Waals surface area contributed by atoms with Crippen LogP contribution in [0.15, 0.2) is 30.6 Å². The summed E-state index contributed by atoms with van der Waals surface area (Å²) in [6.45, 7) is 8.01. The van der Waals surface area contributed by atoms with E-state index in [1.54, 1.807) is 22.8 Å². The summed E-state index contributed by atoms with van der Waals surface area (Å²) < 4.78 is 5.00. The summed E-state index contributed by atoms with van der Waals surface area (Å²) in [4.78, 5) is 36.2. The Bertz CT molecular complexity index is 863. The third kappa shape index (κ3) is 4.57. The fourth-order valence-corrected chi connectivity index (χ4v) is 2.98. The van der Waals surface area contributed by atoms with E-state index in [4.69, 9.17) is 4.74 Å².